The largest absolute Gasteiger partial charge is 0.497 e. The zero-order chi connectivity index (χ0) is 14.5. The average molecular weight is 280 g/mol. The van der Waals surface area contributed by atoms with Gasteiger partial charge in [0.05, 0.1) is 24.0 Å². The van der Waals surface area contributed by atoms with Crippen LogP contribution in [0.4, 0.5) is 0 Å². The molecule has 0 aliphatic heterocycles. The first kappa shape index (κ1) is 15.0. The van der Waals surface area contributed by atoms with Crippen LogP contribution in [0.15, 0.2) is 65.1 Å². The van der Waals surface area contributed by atoms with Gasteiger partial charge in [0.2, 0.25) is 9.84 Å². The molecule has 0 fully saturated rings. The molecule has 0 spiro atoms. The first-order chi connectivity index (χ1) is 8.91. The van der Waals surface area contributed by atoms with Crippen LogP contribution < -0.4 is 4.74 Å². The van der Waals surface area contributed by atoms with E-state index in [0.29, 0.717) is 11.5 Å². The van der Waals surface area contributed by atoms with E-state index in [2.05, 4.69) is 13.2 Å². The highest BCUT2D eigenvalue weighted by molar-refractivity contribution is 7.95. The smallest absolute Gasteiger partial charge is 0.206 e. The Balaban J connectivity index is 2.99. The average Bonchev–Trinajstić information content (AvgIpc) is 2.44. The molecule has 0 N–H and O–H groups in total. The van der Waals surface area contributed by atoms with Crippen LogP contribution in [0.2, 0.25) is 0 Å². The summed E-state index contributed by atoms with van der Waals surface area (Å²) in [6, 6.07) is 6.10. The topological polar surface area (TPSA) is 52.6 Å². The predicted octanol–water partition coefficient (Wildman–Crippen LogP) is 2.70. The van der Waals surface area contributed by atoms with Crippen molar-refractivity contribution in [2.75, 3.05) is 14.2 Å². The van der Waals surface area contributed by atoms with Gasteiger partial charge in [0, 0.05) is 0 Å². The summed E-state index contributed by atoms with van der Waals surface area (Å²) in [7, 11) is -0.634. The zero-order valence-corrected chi connectivity index (χ0v) is 11.7. The molecule has 0 bridgehead atoms. The highest BCUT2D eigenvalue weighted by atomic mass is 32.2. The van der Waals surface area contributed by atoms with E-state index in [0.717, 1.165) is 0 Å². The molecule has 1 aromatic rings. The number of allylic oxidation sites excluding steroid dienone is 2. The molecule has 0 atom stereocenters. The minimum absolute atomic E-state index is 0.0316. The molecule has 0 saturated carbocycles. The first-order valence-electron chi connectivity index (χ1n) is 5.41. The standard InChI is InChI=1S/C14H16O4S/c1-11(17-3)5-6-12(2)19(15,16)14-9-7-13(18-4)8-10-14/h5-10H,1-2H2,3-4H3/b6-5-. The SMILES string of the molecule is C=C(/C=C\C(=C)S(=O)(=O)c1ccc(OC)cc1)OC. The minimum Gasteiger partial charge on any atom is -0.497 e. The molecule has 0 radical (unpaired) electrons. The second-order valence-corrected chi connectivity index (χ2v) is 5.65. The number of hydrogen-bond donors (Lipinski definition) is 0. The first-order valence-corrected chi connectivity index (χ1v) is 6.89. The Morgan fingerprint density at radius 2 is 1.68 bits per heavy atom. The summed E-state index contributed by atoms with van der Waals surface area (Å²) in [6.07, 6.45) is 2.80. The van der Waals surface area contributed by atoms with Gasteiger partial charge in [0.15, 0.2) is 0 Å². The van der Waals surface area contributed by atoms with Gasteiger partial charge >= 0.3 is 0 Å². The summed E-state index contributed by atoms with van der Waals surface area (Å²) in [6.45, 7) is 7.11. The van der Waals surface area contributed by atoms with E-state index in [4.69, 9.17) is 9.47 Å². The normalized spacial score (nSPS) is 11.3. The van der Waals surface area contributed by atoms with Crippen LogP contribution in [0.1, 0.15) is 0 Å². The summed E-state index contributed by atoms with van der Waals surface area (Å²) in [5, 5.41) is 0. The minimum atomic E-state index is -3.60. The number of hydrogen-bond acceptors (Lipinski definition) is 4. The third-order valence-corrected chi connectivity index (χ3v) is 4.15. The molecule has 0 amide bonds. The van der Waals surface area contributed by atoms with E-state index < -0.39 is 9.84 Å². The highest BCUT2D eigenvalue weighted by Gasteiger charge is 2.16. The Kier molecular flexibility index (Phi) is 4.94. The van der Waals surface area contributed by atoms with Crippen LogP contribution in [-0.4, -0.2) is 22.6 Å². The van der Waals surface area contributed by atoms with Crippen molar-refractivity contribution in [3.05, 3.63) is 60.2 Å². The predicted molar refractivity (Wildman–Crippen MR) is 74.6 cm³/mol. The number of rotatable bonds is 6. The van der Waals surface area contributed by atoms with E-state index in [9.17, 15) is 8.42 Å². The van der Waals surface area contributed by atoms with Gasteiger partial charge in [-0.1, -0.05) is 13.2 Å². The summed E-state index contributed by atoms with van der Waals surface area (Å²) < 4.78 is 34.1. The Labute approximate surface area is 113 Å². The fraction of sp³-hybridized carbons (Fsp3) is 0.143. The maximum Gasteiger partial charge on any atom is 0.206 e. The maximum atomic E-state index is 12.2. The number of methoxy groups -OCH3 is 2. The lowest BCUT2D eigenvalue weighted by atomic mass is 10.3. The fourth-order valence-electron chi connectivity index (χ4n) is 1.25. The molecule has 0 heterocycles. The summed E-state index contributed by atoms with van der Waals surface area (Å²) in [5.41, 5.74) is 0. The second kappa shape index (κ2) is 6.24. The summed E-state index contributed by atoms with van der Waals surface area (Å²) in [5.74, 6) is 0.943. The van der Waals surface area contributed by atoms with E-state index >= 15 is 0 Å². The molecule has 0 unspecified atom stereocenters. The van der Waals surface area contributed by atoms with Crippen molar-refractivity contribution >= 4 is 9.84 Å². The number of ether oxygens (including phenoxy) is 2. The zero-order valence-electron chi connectivity index (χ0n) is 10.9. The van der Waals surface area contributed by atoms with Crippen LogP contribution in [0, 0.1) is 0 Å². The Hall–Kier alpha value is -2.01. The van der Waals surface area contributed by atoms with Gasteiger partial charge in [0.1, 0.15) is 11.5 Å². The van der Waals surface area contributed by atoms with Crippen molar-refractivity contribution in [1.82, 2.24) is 0 Å². The van der Waals surface area contributed by atoms with Gasteiger partial charge in [-0.05, 0) is 36.4 Å². The number of benzene rings is 1. The van der Waals surface area contributed by atoms with Crippen molar-refractivity contribution in [3.63, 3.8) is 0 Å². The molecule has 102 valence electrons. The van der Waals surface area contributed by atoms with Crippen LogP contribution in [0.3, 0.4) is 0 Å². The molecule has 1 aromatic carbocycles. The van der Waals surface area contributed by atoms with Crippen LogP contribution in [0.25, 0.3) is 0 Å². The number of sulfone groups is 1. The molecule has 0 aliphatic carbocycles. The van der Waals surface area contributed by atoms with Crippen molar-refractivity contribution in [2.45, 2.75) is 4.90 Å². The van der Waals surface area contributed by atoms with Gasteiger partial charge in [-0.3, -0.25) is 0 Å². The van der Waals surface area contributed by atoms with Crippen molar-refractivity contribution in [1.29, 1.82) is 0 Å². The van der Waals surface area contributed by atoms with Crippen LogP contribution in [-0.2, 0) is 14.6 Å². The highest BCUT2D eigenvalue weighted by Crippen LogP contribution is 2.21. The van der Waals surface area contributed by atoms with Gasteiger partial charge in [-0.25, -0.2) is 8.42 Å². The van der Waals surface area contributed by atoms with Gasteiger partial charge in [-0.2, -0.15) is 0 Å². The van der Waals surface area contributed by atoms with Crippen LogP contribution >= 0.6 is 0 Å². The second-order valence-electron chi connectivity index (χ2n) is 3.65. The Bertz CT molecular complexity index is 595. The van der Waals surface area contributed by atoms with Gasteiger partial charge in [-0.15, -0.1) is 0 Å². The molecule has 0 aromatic heterocycles. The van der Waals surface area contributed by atoms with E-state index in [1.165, 1.54) is 38.5 Å². The van der Waals surface area contributed by atoms with Crippen molar-refractivity contribution in [3.8, 4) is 5.75 Å². The molecular weight excluding hydrogens is 264 g/mol. The van der Waals surface area contributed by atoms with Crippen LogP contribution in [0.5, 0.6) is 5.75 Å². The summed E-state index contributed by atoms with van der Waals surface area (Å²) in [4.78, 5) is 0.127. The Morgan fingerprint density at radius 3 is 2.16 bits per heavy atom. The molecule has 5 heteroatoms. The van der Waals surface area contributed by atoms with Crippen molar-refractivity contribution in [2.24, 2.45) is 0 Å². The maximum absolute atomic E-state index is 12.2. The third kappa shape index (κ3) is 3.72. The van der Waals surface area contributed by atoms with E-state index in [1.54, 1.807) is 12.1 Å². The lowest BCUT2D eigenvalue weighted by Crippen LogP contribution is -2.02. The molecule has 19 heavy (non-hydrogen) atoms. The van der Waals surface area contributed by atoms with E-state index in [1.807, 2.05) is 0 Å². The monoisotopic (exact) mass is 280 g/mol. The Morgan fingerprint density at radius 1 is 1.11 bits per heavy atom. The fourth-order valence-corrected chi connectivity index (χ4v) is 2.29. The van der Waals surface area contributed by atoms with Gasteiger partial charge < -0.3 is 9.47 Å². The molecular formula is C14H16O4S. The molecule has 4 nitrogen and oxygen atoms in total. The summed E-state index contributed by atoms with van der Waals surface area (Å²) >= 11 is 0. The third-order valence-electron chi connectivity index (χ3n) is 2.43. The van der Waals surface area contributed by atoms with Gasteiger partial charge in [0.25, 0.3) is 0 Å². The quantitative estimate of drug-likeness (QED) is 0.594. The molecule has 0 saturated heterocycles. The molecule has 1 rings (SSSR count). The molecule has 0 aliphatic rings. The van der Waals surface area contributed by atoms with E-state index in [-0.39, 0.29) is 9.80 Å². The lowest BCUT2D eigenvalue weighted by molar-refractivity contribution is 0.309. The lowest BCUT2D eigenvalue weighted by Gasteiger charge is -2.05. The van der Waals surface area contributed by atoms with Crippen molar-refractivity contribution < 1.29 is 17.9 Å².